The molecular weight excluding hydrogens is 408 g/mol. The van der Waals surface area contributed by atoms with Gasteiger partial charge < -0.3 is 21.3 Å². The van der Waals surface area contributed by atoms with E-state index in [2.05, 4.69) is 21.8 Å². The Morgan fingerprint density at radius 1 is 1.29 bits per heavy atom. The number of nitriles is 1. The minimum absolute atomic E-state index is 0.166. The van der Waals surface area contributed by atoms with Gasteiger partial charge >= 0.3 is 6.03 Å². The number of piperidine rings is 1. The molecule has 0 unspecified atom stereocenters. The number of carbonyl (C=O) groups is 2. The van der Waals surface area contributed by atoms with Gasteiger partial charge in [-0.05, 0) is 31.6 Å². The number of hydrogen-bond acceptors (Lipinski definition) is 5. The Bertz CT molecular complexity index is 890. The Hall–Kier alpha value is -2.90. The van der Waals surface area contributed by atoms with Crippen molar-refractivity contribution in [3.63, 3.8) is 0 Å². The summed E-state index contributed by atoms with van der Waals surface area (Å²) in [5.41, 5.74) is 5.14. The molecule has 9 nitrogen and oxygen atoms in total. The lowest BCUT2D eigenvalue weighted by Crippen LogP contribution is -2.56. The number of alkyl halides is 2. The second-order valence-electron chi connectivity index (χ2n) is 8.98. The van der Waals surface area contributed by atoms with Crippen LogP contribution in [0.3, 0.4) is 0 Å². The minimum Gasteiger partial charge on any atom is -0.368 e. The fourth-order valence-electron chi connectivity index (χ4n) is 4.28. The zero-order valence-corrected chi connectivity index (χ0v) is 17.2. The molecule has 3 aliphatic rings. The van der Waals surface area contributed by atoms with Crippen LogP contribution in [0.5, 0.6) is 0 Å². The molecule has 1 saturated heterocycles. The van der Waals surface area contributed by atoms with E-state index in [1.54, 1.807) is 15.8 Å². The summed E-state index contributed by atoms with van der Waals surface area (Å²) >= 11 is 0. The predicted octanol–water partition coefficient (Wildman–Crippen LogP) is 2.02. The summed E-state index contributed by atoms with van der Waals surface area (Å²) in [7, 11) is 0. The van der Waals surface area contributed by atoms with Crippen LogP contribution in [0.4, 0.5) is 19.4 Å². The molecule has 1 aromatic heterocycles. The van der Waals surface area contributed by atoms with Crippen molar-refractivity contribution in [1.29, 1.82) is 5.26 Å². The molecule has 3 amide bonds. The second kappa shape index (κ2) is 7.98. The number of nitrogens with zero attached hydrogens (tertiary/aromatic N) is 4. The molecule has 1 aromatic rings. The zero-order chi connectivity index (χ0) is 22.2. The van der Waals surface area contributed by atoms with Crippen LogP contribution >= 0.6 is 0 Å². The van der Waals surface area contributed by atoms with E-state index in [1.165, 1.54) is 0 Å². The number of hydrogen-bond donors (Lipinski definition) is 3. The van der Waals surface area contributed by atoms with Gasteiger partial charge in [0.05, 0.1) is 18.0 Å². The van der Waals surface area contributed by atoms with Crippen molar-refractivity contribution < 1.29 is 18.4 Å². The third kappa shape index (κ3) is 4.57. The molecule has 168 valence electrons. The standard InChI is InChI=1S/C20H27F2N7O2/c21-20(22)9-14(10-20)26-18(31)28-7-4-19(3-6-23,5-8-28)29-12-15(16(24)30)17(27-29)25-11-13-1-2-13/h12-14H,1-5,7-11H2,(H2,24,30)(H,25,27)(H,26,31). The van der Waals surface area contributed by atoms with Crippen molar-refractivity contribution in [2.24, 2.45) is 11.7 Å². The molecule has 4 rings (SSSR count). The first kappa shape index (κ1) is 21.3. The Kier molecular flexibility index (Phi) is 5.49. The number of halogens is 2. The summed E-state index contributed by atoms with van der Waals surface area (Å²) in [5.74, 6) is -2.28. The number of anilines is 1. The topological polar surface area (TPSA) is 129 Å². The van der Waals surface area contributed by atoms with E-state index < -0.39 is 23.4 Å². The maximum absolute atomic E-state index is 13.0. The molecule has 11 heteroatoms. The molecule has 0 bridgehead atoms. The monoisotopic (exact) mass is 435 g/mol. The quantitative estimate of drug-likeness (QED) is 0.603. The summed E-state index contributed by atoms with van der Waals surface area (Å²) in [5, 5.41) is 19.8. The Balaban J connectivity index is 1.43. The highest BCUT2D eigenvalue weighted by Crippen LogP contribution is 2.38. The zero-order valence-electron chi connectivity index (χ0n) is 17.2. The number of likely N-dealkylation sites (tertiary alicyclic amines) is 1. The van der Waals surface area contributed by atoms with Crippen LogP contribution in [0.25, 0.3) is 0 Å². The fourth-order valence-corrected chi connectivity index (χ4v) is 4.28. The van der Waals surface area contributed by atoms with E-state index in [-0.39, 0.29) is 30.9 Å². The minimum atomic E-state index is -2.69. The van der Waals surface area contributed by atoms with Crippen molar-refractivity contribution >= 4 is 17.8 Å². The molecular formula is C20H27F2N7O2. The molecule has 31 heavy (non-hydrogen) atoms. The van der Waals surface area contributed by atoms with Gasteiger partial charge in [-0.3, -0.25) is 9.48 Å². The van der Waals surface area contributed by atoms with Crippen LogP contribution in [0.15, 0.2) is 6.20 Å². The lowest BCUT2D eigenvalue weighted by Gasteiger charge is -2.42. The largest absolute Gasteiger partial charge is 0.368 e. The van der Waals surface area contributed by atoms with Crippen LogP contribution in [0, 0.1) is 17.2 Å². The van der Waals surface area contributed by atoms with Crippen molar-refractivity contribution in [3.05, 3.63) is 11.8 Å². The van der Waals surface area contributed by atoms with E-state index in [0.717, 1.165) is 19.4 Å². The third-order valence-electron chi connectivity index (χ3n) is 6.53. The molecule has 4 N–H and O–H groups in total. The van der Waals surface area contributed by atoms with Crippen LogP contribution in [0.2, 0.25) is 0 Å². The molecule has 2 saturated carbocycles. The Labute approximate surface area is 178 Å². The van der Waals surface area contributed by atoms with Gasteiger partial charge in [-0.25, -0.2) is 13.6 Å². The number of primary amides is 1. The first-order chi connectivity index (χ1) is 14.7. The van der Waals surface area contributed by atoms with Gasteiger partial charge in [-0.2, -0.15) is 10.4 Å². The highest BCUT2D eigenvalue weighted by Gasteiger charge is 2.47. The normalized spacial score (nSPS) is 22.3. The Morgan fingerprint density at radius 3 is 2.52 bits per heavy atom. The molecule has 3 fully saturated rings. The second-order valence-corrected chi connectivity index (χ2v) is 8.98. The average molecular weight is 435 g/mol. The smallest absolute Gasteiger partial charge is 0.317 e. The predicted molar refractivity (Wildman–Crippen MR) is 107 cm³/mol. The maximum atomic E-state index is 13.0. The molecule has 0 aromatic carbocycles. The molecule has 0 atom stereocenters. The SMILES string of the molecule is N#CCC1(n2cc(C(N)=O)c(NCC3CC3)n2)CCN(C(=O)NC2CC(F)(F)C2)CC1. The fraction of sp³-hybridized carbons (Fsp3) is 0.700. The van der Waals surface area contributed by atoms with E-state index in [9.17, 15) is 23.6 Å². The van der Waals surface area contributed by atoms with E-state index in [1.807, 2.05) is 0 Å². The lowest BCUT2D eigenvalue weighted by molar-refractivity contribution is -0.0904. The van der Waals surface area contributed by atoms with Gasteiger partial charge in [-0.1, -0.05) is 0 Å². The molecule has 0 spiro atoms. The first-order valence-electron chi connectivity index (χ1n) is 10.7. The van der Waals surface area contributed by atoms with Crippen LogP contribution < -0.4 is 16.4 Å². The van der Waals surface area contributed by atoms with Gasteiger partial charge in [0, 0.05) is 44.7 Å². The number of aromatic nitrogens is 2. The summed E-state index contributed by atoms with van der Waals surface area (Å²) in [6.45, 7) is 1.43. The molecule has 0 radical (unpaired) electrons. The summed E-state index contributed by atoms with van der Waals surface area (Å²) < 4.78 is 27.7. The summed E-state index contributed by atoms with van der Waals surface area (Å²) in [6.07, 6.45) is 4.30. The molecule has 1 aliphatic heterocycles. The van der Waals surface area contributed by atoms with Crippen molar-refractivity contribution in [1.82, 2.24) is 20.0 Å². The van der Waals surface area contributed by atoms with Crippen molar-refractivity contribution in [3.8, 4) is 6.07 Å². The number of nitrogens with two attached hydrogens (primary N) is 1. The van der Waals surface area contributed by atoms with Gasteiger partial charge in [0.1, 0.15) is 5.56 Å². The van der Waals surface area contributed by atoms with Crippen molar-refractivity contribution in [2.45, 2.75) is 62.4 Å². The number of carbonyl (C=O) groups excluding carboxylic acids is 2. The first-order valence-corrected chi connectivity index (χ1v) is 10.7. The highest BCUT2D eigenvalue weighted by atomic mass is 19.3. The summed E-state index contributed by atoms with van der Waals surface area (Å²) in [6, 6.07) is 1.33. The molecule has 2 heterocycles. The highest BCUT2D eigenvalue weighted by molar-refractivity contribution is 5.97. The van der Waals surface area contributed by atoms with Gasteiger partial charge in [0.15, 0.2) is 5.82 Å². The number of rotatable bonds is 7. The van der Waals surface area contributed by atoms with Gasteiger partial charge in [0.2, 0.25) is 0 Å². The number of nitrogens with one attached hydrogen (secondary N) is 2. The third-order valence-corrected chi connectivity index (χ3v) is 6.53. The van der Waals surface area contributed by atoms with Gasteiger partial charge in [0.25, 0.3) is 11.8 Å². The van der Waals surface area contributed by atoms with Crippen LogP contribution in [0.1, 0.15) is 55.3 Å². The molecule has 2 aliphatic carbocycles. The maximum Gasteiger partial charge on any atom is 0.317 e. The lowest BCUT2D eigenvalue weighted by atomic mass is 9.85. The van der Waals surface area contributed by atoms with E-state index in [4.69, 9.17) is 5.73 Å². The number of amides is 3. The average Bonchev–Trinajstić information content (AvgIpc) is 3.42. The van der Waals surface area contributed by atoms with E-state index in [0.29, 0.717) is 37.7 Å². The van der Waals surface area contributed by atoms with Gasteiger partial charge in [-0.15, -0.1) is 0 Å². The van der Waals surface area contributed by atoms with Crippen LogP contribution in [-0.4, -0.2) is 58.2 Å². The Morgan fingerprint density at radius 2 is 1.97 bits per heavy atom. The van der Waals surface area contributed by atoms with Crippen LogP contribution in [-0.2, 0) is 5.54 Å². The van der Waals surface area contributed by atoms with Crippen molar-refractivity contribution in [2.75, 3.05) is 25.0 Å². The number of urea groups is 1. The summed E-state index contributed by atoms with van der Waals surface area (Å²) in [4.78, 5) is 25.9. The van der Waals surface area contributed by atoms with E-state index >= 15 is 0 Å².